The summed E-state index contributed by atoms with van der Waals surface area (Å²) >= 11 is 0. The molecule has 92 valence electrons. The van der Waals surface area contributed by atoms with E-state index in [4.69, 9.17) is 14.2 Å². The summed E-state index contributed by atoms with van der Waals surface area (Å²) in [6, 6.07) is 7.27. The van der Waals surface area contributed by atoms with Crippen LogP contribution in [0.1, 0.15) is 35.9 Å². The second-order valence-corrected chi connectivity index (χ2v) is 4.40. The van der Waals surface area contributed by atoms with Crippen molar-refractivity contribution in [1.82, 2.24) is 0 Å². The first-order valence-electron chi connectivity index (χ1n) is 5.52. The lowest BCUT2D eigenvalue weighted by Crippen LogP contribution is -2.20. The van der Waals surface area contributed by atoms with Crippen LogP contribution in [0.5, 0.6) is 0 Å². The van der Waals surface area contributed by atoms with Gasteiger partial charge in [0.1, 0.15) is 6.10 Å². The Bertz CT molecular complexity index is 425. The molecule has 0 spiro atoms. The summed E-state index contributed by atoms with van der Waals surface area (Å²) in [5.41, 5.74) is 1.34. The zero-order valence-electron chi connectivity index (χ0n) is 10.2. The summed E-state index contributed by atoms with van der Waals surface area (Å²) in [5.74, 6) is -0.956. The number of rotatable bonds is 2. The number of hydrogen-bond donors (Lipinski definition) is 0. The molecule has 4 nitrogen and oxygen atoms in total. The molecule has 0 aromatic heterocycles. The van der Waals surface area contributed by atoms with Gasteiger partial charge in [0.15, 0.2) is 5.79 Å². The lowest BCUT2D eigenvalue weighted by Gasteiger charge is -2.18. The Balaban J connectivity index is 2.30. The van der Waals surface area contributed by atoms with Crippen molar-refractivity contribution in [2.75, 3.05) is 13.7 Å². The topological polar surface area (TPSA) is 44.8 Å². The highest BCUT2D eigenvalue weighted by atomic mass is 16.7. The molecule has 0 radical (unpaired) electrons. The van der Waals surface area contributed by atoms with E-state index in [1.807, 2.05) is 26.0 Å². The van der Waals surface area contributed by atoms with Gasteiger partial charge in [0.25, 0.3) is 0 Å². The summed E-state index contributed by atoms with van der Waals surface area (Å²) in [5, 5.41) is 0. The molecule has 1 saturated heterocycles. The lowest BCUT2D eigenvalue weighted by atomic mass is 10.0. The monoisotopic (exact) mass is 236 g/mol. The van der Waals surface area contributed by atoms with Crippen LogP contribution in [0.15, 0.2) is 24.3 Å². The molecule has 1 atom stereocenters. The Kier molecular flexibility index (Phi) is 3.17. The van der Waals surface area contributed by atoms with Crippen LogP contribution in [0.25, 0.3) is 0 Å². The van der Waals surface area contributed by atoms with E-state index in [0.29, 0.717) is 12.2 Å². The molecular weight excluding hydrogens is 220 g/mol. The molecule has 0 saturated carbocycles. The Hall–Kier alpha value is -1.39. The first-order valence-corrected chi connectivity index (χ1v) is 5.52. The summed E-state index contributed by atoms with van der Waals surface area (Å²) in [6.07, 6.45) is -0.222. The minimum Gasteiger partial charge on any atom is -0.465 e. The van der Waals surface area contributed by atoms with Crippen molar-refractivity contribution in [2.24, 2.45) is 0 Å². The number of hydrogen-bond acceptors (Lipinski definition) is 4. The number of methoxy groups -OCH3 is 1. The van der Waals surface area contributed by atoms with Gasteiger partial charge < -0.3 is 14.2 Å². The molecular formula is C13H16O4. The number of benzene rings is 1. The van der Waals surface area contributed by atoms with Crippen LogP contribution in [-0.4, -0.2) is 25.5 Å². The summed E-state index contributed by atoms with van der Waals surface area (Å²) < 4.78 is 16.0. The maximum absolute atomic E-state index is 11.6. The summed E-state index contributed by atoms with van der Waals surface area (Å²) in [7, 11) is 1.37. The number of carbonyl (C=O) groups excluding carboxylic acids is 1. The van der Waals surface area contributed by atoms with Gasteiger partial charge in [-0.2, -0.15) is 0 Å². The zero-order chi connectivity index (χ0) is 12.5. The third-order valence-electron chi connectivity index (χ3n) is 2.72. The normalized spacial score (nSPS) is 22.4. The van der Waals surface area contributed by atoms with Gasteiger partial charge in [-0.25, -0.2) is 4.79 Å². The van der Waals surface area contributed by atoms with Crippen molar-refractivity contribution >= 4 is 5.97 Å². The predicted molar refractivity (Wildman–Crippen MR) is 61.6 cm³/mol. The molecule has 0 amide bonds. The van der Waals surface area contributed by atoms with E-state index in [9.17, 15) is 4.79 Å². The Morgan fingerprint density at radius 1 is 1.41 bits per heavy atom. The minimum absolute atomic E-state index is 0.222. The molecule has 2 rings (SSSR count). The van der Waals surface area contributed by atoms with E-state index in [1.165, 1.54) is 7.11 Å². The Morgan fingerprint density at radius 3 is 2.71 bits per heavy atom. The van der Waals surface area contributed by atoms with E-state index in [1.54, 1.807) is 12.1 Å². The second kappa shape index (κ2) is 4.47. The van der Waals surface area contributed by atoms with Gasteiger partial charge in [-0.3, -0.25) is 0 Å². The van der Waals surface area contributed by atoms with E-state index >= 15 is 0 Å². The molecule has 1 unspecified atom stereocenters. The molecule has 1 aromatic rings. The molecule has 0 aliphatic carbocycles. The molecule has 1 aliphatic heterocycles. The average Bonchev–Trinajstić information content (AvgIpc) is 2.68. The maximum atomic E-state index is 11.6. The quantitative estimate of drug-likeness (QED) is 0.739. The van der Waals surface area contributed by atoms with Crippen LogP contribution in [-0.2, 0) is 14.2 Å². The van der Waals surface area contributed by atoms with E-state index < -0.39 is 5.79 Å². The molecule has 0 bridgehead atoms. The van der Waals surface area contributed by atoms with Gasteiger partial charge in [-0.05, 0) is 25.5 Å². The van der Waals surface area contributed by atoms with Crippen LogP contribution in [0, 0.1) is 0 Å². The molecule has 1 aliphatic rings. The van der Waals surface area contributed by atoms with E-state index in [0.717, 1.165) is 5.56 Å². The van der Waals surface area contributed by atoms with Crippen LogP contribution in [0.2, 0.25) is 0 Å². The molecule has 1 fully saturated rings. The van der Waals surface area contributed by atoms with Crippen LogP contribution in [0.4, 0.5) is 0 Å². The van der Waals surface area contributed by atoms with Gasteiger partial charge >= 0.3 is 5.97 Å². The Labute approximate surface area is 100 Å². The standard InChI is InChI=1S/C13H16O4/c1-13(2)16-8-11(17-13)9-6-4-5-7-10(9)12(14)15-3/h4-7,11H,8H2,1-3H3. The van der Waals surface area contributed by atoms with E-state index in [-0.39, 0.29) is 12.1 Å². The van der Waals surface area contributed by atoms with Crippen LogP contribution < -0.4 is 0 Å². The molecule has 17 heavy (non-hydrogen) atoms. The van der Waals surface area contributed by atoms with Crippen molar-refractivity contribution < 1.29 is 19.0 Å². The van der Waals surface area contributed by atoms with Crippen LogP contribution in [0.3, 0.4) is 0 Å². The van der Waals surface area contributed by atoms with Crippen LogP contribution >= 0.6 is 0 Å². The largest absolute Gasteiger partial charge is 0.465 e. The average molecular weight is 236 g/mol. The molecule has 1 aromatic carbocycles. The third kappa shape index (κ3) is 2.48. The van der Waals surface area contributed by atoms with Gasteiger partial charge in [0.2, 0.25) is 0 Å². The Morgan fingerprint density at radius 2 is 2.12 bits per heavy atom. The maximum Gasteiger partial charge on any atom is 0.338 e. The number of ether oxygens (including phenoxy) is 3. The second-order valence-electron chi connectivity index (χ2n) is 4.40. The lowest BCUT2D eigenvalue weighted by molar-refractivity contribution is -0.139. The van der Waals surface area contributed by atoms with Crippen molar-refractivity contribution in [3.8, 4) is 0 Å². The van der Waals surface area contributed by atoms with Crippen molar-refractivity contribution in [1.29, 1.82) is 0 Å². The number of esters is 1. The van der Waals surface area contributed by atoms with Gasteiger partial charge in [-0.1, -0.05) is 18.2 Å². The fourth-order valence-electron chi connectivity index (χ4n) is 1.91. The van der Waals surface area contributed by atoms with Gasteiger partial charge in [-0.15, -0.1) is 0 Å². The SMILES string of the molecule is COC(=O)c1ccccc1C1COC(C)(C)O1. The number of carbonyl (C=O) groups is 1. The van der Waals surface area contributed by atoms with Gasteiger partial charge in [0.05, 0.1) is 19.3 Å². The van der Waals surface area contributed by atoms with Crippen molar-refractivity contribution in [2.45, 2.75) is 25.7 Å². The van der Waals surface area contributed by atoms with E-state index in [2.05, 4.69) is 0 Å². The highest BCUT2D eigenvalue weighted by Gasteiger charge is 2.35. The molecule has 0 N–H and O–H groups in total. The smallest absolute Gasteiger partial charge is 0.338 e. The zero-order valence-corrected chi connectivity index (χ0v) is 10.2. The highest BCUT2D eigenvalue weighted by Crippen LogP contribution is 2.34. The fourth-order valence-corrected chi connectivity index (χ4v) is 1.91. The van der Waals surface area contributed by atoms with Crippen molar-refractivity contribution in [3.05, 3.63) is 35.4 Å². The summed E-state index contributed by atoms with van der Waals surface area (Å²) in [4.78, 5) is 11.6. The predicted octanol–water partition coefficient (Wildman–Crippen LogP) is 2.30. The first kappa shape index (κ1) is 12.1. The van der Waals surface area contributed by atoms with Gasteiger partial charge in [0, 0.05) is 0 Å². The third-order valence-corrected chi connectivity index (χ3v) is 2.72. The first-order chi connectivity index (χ1) is 8.03. The fraction of sp³-hybridized carbons (Fsp3) is 0.462. The minimum atomic E-state index is -0.603. The van der Waals surface area contributed by atoms with Crippen molar-refractivity contribution in [3.63, 3.8) is 0 Å². The molecule has 1 heterocycles. The summed E-state index contributed by atoms with van der Waals surface area (Å²) in [6.45, 7) is 4.16. The highest BCUT2D eigenvalue weighted by molar-refractivity contribution is 5.91. The molecule has 4 heteroatoms.